The number of carbonyl (C=O) groups excluding carboxylic acids is 1. The second-order valence-corrected chi connectivity index (χ2v) is 9.82. The summed E-state index contributed by atoms with van der Waals surface area (Å²) in [7, 11) is -3.77. The molecule has 1 atom stereocenters. The van der Waals surface area contributed by atoms with Crippen molar-refractivity contribution in [1.29, 1.82) is 0 Å². The number of carbonyl (C=O) groups is 1. The second kappa shape index (κ2) is 9.36. The van der Waals surface area contributed by atoms with Crippen molar-refractivity contribution in [2.45, 2.75) is 50.2 Å². The second-order valence-electron chi connectivity index (χ2n) is 7.29. The lowest BCUT2D eigenvalue weighted by Crippen LogP contribution is -2.47. The molecular weight excluding hydrogens is 438 g/mol. The van der Waals surface area contributed by atoms with E-state index in [1.54, 1.807) is 17.0 Å². The van der Waals surface area contributed by atoms with E-state index in [-0.39, 0.29) is 23.7 Å². The zero-order chi connectivity index (χ0) is 20.1. The number of hydrogen-bond donors (Lipinski definition) is 0. The Morgan fingerprint density at radius 3 is 2.59 bits per heavy atom. The molecule has 27 heavy (non-hydrogen) atoms. The first-order chi connectivity index (χ1) is 12.6. The van der Waals surface area contributed by atoms with Gasteiger partial charge in [-0.05, 0) is 57.9 Å². The fourth-order valence-corrected chi connectivity index (χ4v) is 3.74. The number of rotatable bonds is 6. The largest absolute Gasteiger partial charge is 0.444 e. The zero-order valence-corrected chi connectivity index (χ0v) is 18.2. The number of ether oxygens (including phenoxy) is 2. The van der Waals surface area contributed by atoms with Gasteiger partial charge in [0.2, 0.25) is 0 Å². The molecule has 2 rings (SSSR count). The van der Waals surface area contributed by atoms with Crippen molar-refractivity contribution in [3.05, 3.63) is 28.7 Å². The van der Waals surface area contributed by atoms with Crippen molar-refractivity contribution in [1.82, 2.24) is 4.90 Å². The summed E-state index contributed by atoms with van der Waals surface area (Å²) in [6.45, 7) is 6.88. The maximum Gasteiger partial charge on any atom is 0.410 e. The summed E-state index contributed by atoms with van der Waals surface area (Å²) < 4.78 is 41.2. The fraction of sp³-hybridized carbons (Fsp3) is 0.611. The summed E-state index contributed by atoms with van der Waals surface area (Å²) in [5, 5.41) is 0. The average molecular weight is 464 g/mol. The highest BCUT2D eigenvalue weighted by atomic mass is 79.9. The molecule has 152 valence electrons. The zero-order valence-electron chi connectivity index (χ0n) is 15.8. The summed E-state index contributed by atoms with van der Waals surface area (Å²) in [6.07, 6.45) is 0.577. The van der Waals surface area contributed by atoms with Crippen LogP contribution in [0.4, 0.5) is 4.79 Å². The van der Waals surface area contributed by atoms with Gasteiger partial charge in [0.1, 0.15) is 5.60 Å². The molecule has 9 heteroatoms. The van der Waals surface area contributed by atoms with Gasteiger partial charge in [-0.1, -0.05) is 15.9 Å². The lowest BCUT2D eigenvalue weighted by atomic mass is 10.1. The number of nitrogens with zero attached hydrogens (tertiary/aromatic N) is 1. The quantitative estimate of drug-likeness (QED) is 0.473. The molecule has 1 aliphatic heterocycles. The Morgan fingerprint density at radius 2 is 1.96 bits per heavy atom. The average Bonchev–Trinajstić information content (AvgIpc) is 2.58. The number of amides is 1. The number of benzene rings is 1. The topological polar surface area (TPSA) is 82.1 Å². The Morgan fingerprint density at radius 1 is 1.30 bits per heavy atom. The van der Waals surface area contributed by atoms with E-state index < -0.39 is 15.7 Å². The molecule has 0 saturated carbocycles. The van der Waals surface area contributed by atoms with Crippen LogP contribution in [0.5, 0.6) is 0 Å². The molecule has 1 heterocycles. The van der Waals surface area contributed by atoms with E-state index in [0.29, 0.717) is 32.5 Å². The van der Waals surface area contributed by atoms with Gasteiger partial charge in [-0.15, -0.1) is 0 Å². The van der Waals surface area contributed by atoms with Gasteiger partial charge in [-0.2, -0.15) is 8.42 Å². The highest BCUT2D eigenvalue weighted by molar-refractivity contribution is 9.10. The fourth-order valence-electron chi connectivity index (χ4n) is 2.54. The maximum atomic E-state index is 12.1. The van der Waals surface area contributed by atoms with Crippen molar-refractivity contribution in [2.24, 2.45) is 0 Å². The Bertz CT molecular complexity index is 729. The van der Waals surface area contributed by atoms with Gasteiger partial charge >= 0.3 is 6.09 Å². The van der Waals surface area contributed by atoms with Crippen LogP contribution in [-0.2, 0) is 23.8 Å². The molecule has 1 aromatic rings. The molecule has 0 unspecified atom stereocenters. The van der Waals surface area contributed by atoms with Gasteiger partial charge in [-0.3, -0.25) is 4.18 Å². The lowest BCUT2D eigenvalue weighted by Gasteiger charge is -2.34. The van der Waals surface area contributed by atoms with Gasteiger partial charge in [0.05, 0.1) is 30.8 Å². The predicted octanol–water partition coefficient (Wildman–Crippen LogP) is 3.57. The van der Waals surface area contributed by atoms with Crippen LogP contribution >= 0.6 is 15.9 Å². The Labute approximate surface area is 169 Å². The number of halogens is 1. The molecule has 1 fully saturated rings. The van der Waals surface area contributed by atoms with E-state index in [1.807, 2.05) is 20.8 Å². The van der Waals surface area contributed by atoms with Gasteiger partial charge in [0.15, 0.2) is 0 Å². The van der Waals surface area contributed by atoms with Crippen LogP contribution in [0.2, 0.25) is 0 Å². The lowest BCUT2D eigenvalue weighted by molar-refractivity contribution is -0.0457. The first kappa shape index (κ1) is 22.1. The molecular formula is C18H26BrNO6S. The summed E-state index contributed by atoms with van der Waals surface area (Å²) in [4.78, 5) is 13.9. The maximum absolute atomic E-state index is 12.1. The van der Waals surface area contributed by atoms with Gasteiger partial charge in [-0.25, -0.2) is 4.79 Å². The number of morpholine rings is 1. The molecule has 0 spiro atoms. The summed E-state index contributed by atoms with van der Waals surface area (Å²) >= 11 is 3.26. The van der Waals surface area contributed by atoms with E-state index in [4.69, 9.17) is 13.7 Å². The van der Waals surface area contributed by atoms with Crippen molar-refractivity contribution in [2.75, 3.05) is 26.3 Å². The Balaban J connectivity index is 1.76. The van der Waals surface area contributed by atoms with Crippen LogP contribution in [0.25, 0.3) is 0 Å². The van der Waals surface area contributed by atoms with Crippen LogP contribution in [0.3, 0.4) is 0 Å². The molecule has 1 aliphatic rings. The third-order valence-corrected chi connectivity index (χ3v) is 5.66. The van der Waals surface area contributed by atoms with E-state index >= 15 is 0 Å². The molecule has 0 bridgehead atoms. The molecule has 0 aliphatic carbocycles. The van der Waals surface area contributed by atoms with Crippen molar-refractivity contribution < 1.29 is 26.9 Å². The Kier molecular flexibility index (Phi) is 7.67. The molecule has 1 aromatic carbocycles. The molecule has 0 aromatic heterocycles. The van der Waals surface area contributed by atoms with Crippen LogP contribution in [-0.4, -0.2) is 57.4 Å². The van der Waals surface area contributed by atoms with E-state index in [2.05, 4.69) is 15.9 Å². The third kappa shape index (κ3) is 7.40. The van der Waals surface area contributed by atoms with Crippen molar-refractivity contribution in [3.63, 3.8) is 0 Å². The molecule has 0 radical (unpaired) electrons. The molecule has 0 N–H and O–H groups in total. The van der Waals surface area contributed by atoms with Gasteiger partial charge in [0.25, 0.3) is 10.1 Å². The Hall–Kier alpha value is -1.16. The minimum Gasteiger partial charge on any atom is -0.444 e. The van der Waals surface area contributed by atoms with Crippen LogP contribution in [0.1, 0.15) is 33.6 Å². The minimum absolute atomic E-state index is 0.0602. The van der Waals surface area contributed by atoms with Crippen LogP contribution < -0.4 is 0 Å². The smallest absolute Gasteiger partial charge is 0.410 e. The summed E-state index contributed by atoms with van der Waals surface area (Å²) in [5.74, 6) is 0. The standard InChI is InChI=1S/C18H26BrNO6S/c1-18(2,3)26-17(21)20-10-12-24-15(13-20)5-4-11-25-27(22,23)16-8-6-14(19)7-9-16/h6-9,15H,4-5,10-13H2,1-3H3/t15-/m1/s1. The number of hydrogen-bond acceptors (Lipinski definition) is 6. The monoisotopic (exact) mass is 463 g/mol. The van der Waals surface area contributed by atoms with E-state index in [9.17, 15) is 13.2 Å². The first-order valence-electron chi connectivity index (χ1n) is 8.81. The summed E-state index contributed by atoms with van der Waals surface area (Å²) in [5.41, 5.74) is -0.542. The van der Waals surface area contributed by atoms with Crippen molar-refractivity contribution >= 4 is 32.1 Å². The van der Waals surface area contributed by atoms with E-state index in [1.165, 1.54) is 12.1 Å². The highest BCUT2D eigenvalue weighted by Gasteiger charge is 2.28. The third-order valence-electron chi connectivity index (χ3n) is 3.80. The van der Waals surface area contributed by atoms with Crippen LogP contribution in [0.15, 0.2) is 33.6 Å². The minimum atomic E-state index is -3.77. The van der Waals surface area contributed by atoms with Crippen molar-refractivity contribution in [3.8, 4) is 0 Å². The first-order valence-corrected chi connectivity index (χ1v) is 11.0. The predicted molar refractivity (Wildman–Crippen MR) is 104 cm³/mol. The SMILES string of the molecule is CC(C)(C)OC(=O)N1CCO[C@H](CCCOS(=O)(=O)c2ccc(Br)cc2)C1. The molecule has 1 amide bonds. The normalized spacial score (nSPS) is 18.4. The highest BCUT2D eigenvalue weighted by Crippen LogP contribution is 2.18. The summed E-state index contributed by atoms with van der Waals surface area (Å²) in [6, 6.07) is 6.28. The van der Waals surface area contributed by atoms with Crippen LogP contribution in [0, 0.1) is 0 Å². The molecule has 7 nitrogen and oxygen atoms in total. The molecule has 1 saturated heterocycles. The van der Waals surface area contributed by atoms with Gasteiger partial charge < -0.3 is 14.4 Å². The van der Waals surface area contributed by atoms with Gasteiger partial charge in [0, 0.05) is 11.0 Å². The van der Waals surface area contributed by atoms with E-state index in [0.717, 1.165) is 4.47 Å².